The van der Waals surface area contributed by atoms with E-state index in [9.17, 15) is 9.59 Å². The molecule has 0 saturated carbocycles. The van der Waals surface area contributed by atoms with Crippen molar-refractivity contribution in [3.8, 4) is 11.4 Å². The van der Waals surface area contributed by atoms with Crippen molar-refractivity contribution < 1.29 is 23.8 Å². The molecule has 3 rings (SSSR count). The quantitative estimate of drug-likeness (QED) is 0.427. The van der Waals surface area contributed by atoms with Gasteiger partial charge in [-0.05, 0) is 30.2 Å². The third-order valence-electron chi connectivity index (χ3n) is 4.46. The first kappa shape index (κ1) is 21.8. The van der Waals surface area contributed by atoms with Crippen LogP contribution in [-0.2, 0) is 27.3 Å². The Morgan fingerprint density at radius 3 is 2.48 bits per heavy atom. The summed E-state index contributed by atoms with van der Waals surface area (Å²) in [5.74, 6) is -0.115. The van der Waals surface area contributed by atoms with E-state index >= 15 is 0 Å². The van der Waals surface area contributed by atoms with Crippen LogP contribution in [0.3, 0.4) is 0 Å². The number of hydrogen-bond acceptors (Lipinski definition) is 6. The van der Waals surface area contributed by atoms with Gasteiger partial charge in [-0.25, -0.2) is 14.6 Å². The largest absolute Gasteiger partial charge is 0.495 e. The number of hydrogen-bond donors (Lipinski definition) is 0. The number of imidazole rings is 1. The van der Waals surface area contributed by atoms with Crippen LogP contribution in [0, 0.1) is 6.92 Å². The standard InChI is InChI=1S/C23H23N3O5/c1-16-13-26(15-24-16)20-10-9-18(12-21(20)29-2)11-19(22(27)30-3)25-23(28)31-14-17-7-5-4-6-8-17/h4-10,12-13,15H,11,14H2,1-3H3. The summed E-state index contributed by atoms with van der Waals surface area (Å²) in [5, 5.41) is 0. The lowest BCUT2D eigenvalue weighted by atomic mass is 10.1. The molecule has 160 valence electrons. The van der Waals surface area contributed by atoms with Crippen LogP contribution in [0.2, 0.25) is 0 Å². The number of carbonyl (C=O) groups is 2. The fourth-order valence-electron chi connectivity index (χ4n) is 2.93. The second-order valence-electron chi connectivity index (χ2n) is 6.70. The maximum Gasteiger partial charge on any atom is 0.434 e. The van der Waals surface area contributed by atoms with Crippen LogP contribution in [0.1, 0.15) is 16.8 Å². The molecule has 0 fully saturated rings. The number of aromatic nitrogens is 2. The van der Waals surface area contributed by atoms with E-state index in [0.29, 0.717) is 5.75 Å². The van der Waals surface area contributed by atoms with Crippen molar-refractivity contribution in [2.45, 2.75) is 20.0 Å². The highest BCUT2D eigenvalue weighted by molar-refractivity contribution is 6.38. The number of benzene rings is 2. The number of aryl methyl sites for hydroxylation is 1. The zero-order valence-electron chi connectivity index (χ0n) is 17.6. The van der Waals surface area contributed by atoms with Crippen molar-refractivity contribution in [3.05, 3.63) is 77.9 Å². The van der Waals surface area contributed by atoms with Gasteiger partial charge in [0.1, 0.15) is 18.1 Å². The van der Waals surface area contributed by atoms with Crippen molar-refractivity contribution in [2.24, 2.45) is 4.99 Å². The van der Waals surface area contributed by atoms with Crippen LogP contribution in [0.25, 0.3) is 5.69 Å². The third-order valence-corrected chi connectivity index (χ3v) is 4.46. The van der Waals surface area contributed by atoms with Crippen LogP contribution >= 0.6 is 0 Å². The monoisotopic (exact) mass is 421 g/mol. The zero-order chi connectivity index (χ0) is 22.2. The highest BCUT2D eigenvalue weighted by atomic mass is 16.5. The zero-order valence-corrected chi connectivity index (χ0v) is 17.6. The van der Waals surface area contributed by atoms with Gasteiger partial charge in [0, 0.05) is 12.6 Å². The molecule has 8 heteroatoms. The molecule has 0 atom stereocenters. The molecule has 1 heterocycles. The van der Waals surface area contributed by atoms with Crippen LogP contribution in [-0.4, -0.2) is 41.5 Å². The van der Waals surface area contributed by atoms with E-state index in [2.05, 4.69) is 9.98 Å². The molecule has 3 aromatic rings. The Hall–Kier alpha value is -3.94. The molecule has 0 bridgehead atoms. The van der Waals surface area contributed by atoms with Gasteiger partial charge in [0.2, 0.25) is 0 Å². The maximum atomic E-state index is 12.2. The van der Waals surface area contributed by atoms with Gasteiger partial charge in [-0.2, -0.15) is 4.99 Å². The van der Waals surface area contributed by atoms with Crippen molar-refractivity contribution in [1.29, 1.82) is 0 Å². The van der Waals surface area contributed by atoms with Gasteiger partial charge in [-0.15, -0.1) is 0 Å². The van der Waals surface area contributed by atoms with E-state index in [-0.39, 0.29) is 18.7 Å². The number of nitrogens with zero attached hydrogens (tertiary/aromatic N) is 3. The number of aliphatic imine (C=N–C) groups is 1. The topological polar surface area (TPSA) is 92.0 Å². The van der Waals surface area contributed by atoms with Gasteiger partial charge in [0.25, 0.3) is 0 Å². The molecule has 1 aromatic heterocycles. The highest BCUT2D eigenvalue weighted by Crippen LogP contribution is 2.25. The summed E-state index contributed by atoms with van der Waals surface area (Å²) in [5.41, 5.74) is 3.15. The molecule has 0 saturated heterocycles. The Bertz CT molecular complexity index is 1090. The summed E-state index contributed by atoms with van der Waals surface area (Å²) in [6.07, 6.45) is 2.78. The van der Waals surface area contributed by atoms with E-state index < -0.39 is 12.1 Å². The van der Waals surface area contributed by atoms with Gasteiger partial charge >= 0.3 is 12.1 Å². The van der Waals surface area contributed by atoms with E-state index in [1.54, 1.807) is 19.5 Å². The summed E-state index contributed by atoms with van der Waals surface area (Å²) < 4.78 is 17.3. The molecule has 8 nitrogen and oxygen atoms in total. The van der Waals surface area contributed by atoms with Gasteiger partial charge in [-0.3, -0.25) is 0 Å². The Labute approximate surface area is 180 Å². The average Bonchev–Trinajstić information content (AvgIpc) is 3.23. The first-order valence-electron chi connectivity index (χ1n) is 9.54. The Morgan fingerprint density at radius 1 is 1.06 bits per heavy atom. The molecule has 0 aliphatic heterocycles. The average molecular weight is 421 g/mol. The maximum absolute atomic E-state index is 12.2. The third kappa shape index (κ3) is 5.79. The lowest BCUT2D eigenvalue weighted by Crippen LogP contribution is -2.20. The molecule has 0 spiro atoms. The molecule has 1 amide bonds. The molecule has 0 N–H and O–H groups in total. The van der Waals surface area contributed by atoms with Crippen LogP contribution in [0.4, 0.5) is 4.79 Å². The molecule has 0 aliphatic rings. The van der Waals surface area contributed by atoms with Crippen LogP contribution in [0.15, 0.2) is 66.0 Å². The summed E-state index contributed by atoms with van der Waals surface area (Å²) in [7, 11) is 2.79. The molecule has 0 aliphatic carbocycles. The SMILES string of the molecule is COC(=O)C(Cc1ccc(-n2cnc(C)c2)c(OC)c1)=NC(=O)OCc1ccccc1. The number of methoxy groups -OCH3 is 2. The second-order valence-corrected chi connectivity index (χ2v) is 6.70. The smallest absolute Gasteiger partial charge is 0.434 e. The minimum Gasteiger partial charge on any atom is -0.495 e. The van der Waals surface area contributed by atoms with E-state index in [1.165, 1.54) is 7.11 Å². The summed E-state index contributed by atoms with van der Waals surface area (Å²) >= 11 is 0. The minimum absolute atomic E-state index is 0.0600. The number of ether oxygens (including phenoxy) is 3. The molecular formula is C23H23N3O5. The van der Waals surface area contributed by atoms with E-state index in [0.717, 1.165) is 22.5 Å². The van der Waals surface area contributed by atoms with Crippen molar-refractivity contribution in [3.63, 3.8) is 0 Å². The van der Waals surface area contributed by atoms with Gasteiger partial charge in [0.15, 0.2) is 0 Å². The van der Waals surface area contributed by atoms with E-state index in [1.807, 2.05) is 60.2 Å². The molecule has 0 unspecified atom stereocenters. The Balaban J connectivity index is 1.77. The lowest BCUT2D eigenvalue weighted by molar-refractivity contribution is -0.132. The summed E-state index contributed by atoms with van der Waals surface area (Å²) in [6, 6.07) is 14.6. The first-order valence-corrected chi connectivity index (χ1v) is 9.54. The number of rotatable bonds is 7. The van der Waals surface area contributed by atoms with Crippen LogP contribution < -0.4 is 4.74 Å². The van der Waals surface area contributed by atoms with Crippen molar-refractivity contribution in [2.75, 3.05) is 14.2 Å². The van der Waals surface area contributed by atoms with Crippen molar-refractivity contribution >= 4 is 17.8 Å². The van der Waals surface area contributed by atoms with E-state index in [4.69, 9.17) is 14.2 Å². The minimum atomic E-state index is -0.860. The fourth-order valence-corrected chi connectivity index (χ4v) is 2.93. The predicted molar refractivity (Wildman–Crippen MR) is 115 cm³/mol. The molecule has 0 radical (unpaired) electrons. The Kier molecular flexibility index (Phi) is 7.16. The summed E-state index contributed by atoms with van der Waals surface area (Å²) in [4.78, 5) is 32.4. The van der Waals surface area contributed by atoms with Gasteiger partial charge in [-0.1, -0.05) is 36.4 Å². The molecule has 31 heavy (non-hydrogen) atoms. The molecule has 2 aromatic carbocycles. The number of esters is 1. The second kappa shape index (κ2) is 10.2. The van der Waals surface area contributed by atoms with Gasteiger partial charge in [0.05, 0.1) is 31.9 Å². The molecular weight excluding hydrogens is 398 g/mol. The van der Waals surface area contributed by atoms with Crippen molar-refractivity contribution in [1.82, 2.24) is 9.55 Å². The highest BCUT2D eigenvalue weighted by Gasteiger charge is 2.17. The lowest BCUT2D eigenvalue weighted by Gasteiger charge is -2.12. The van der Waals surface area contributed by atoms with Crippen LogP contribution in [0.5, 0.6) is 5.75 Å². The normalized spacial score (nSPS) is 11.1. The number of amides is 1. The summed E-state index contributed by atoms with van der Waals surface area (Å²) in [6.45, 7) is 1.96. The predicted octanol–water partition coefficient (Wildman–Crippen LogP) is 3.68. The number of carbonyl (C=O) groups excluding carboxylic acids is 2. The fraction of sp³-hybridized carbons (Fsp3) is 0.217. The first-order chi connectivity index (χ1) is 15.0. The van der Waals surface area contributed by atoms with Gasteiger partial charge < -0.3 is 18.8 Å². The Morgan fingerprint density at radius 2 is 1.84 bits per heavy atom.